The molecule has 0 heterocycles. The third-order valence-corrected chi connectivity index (χ3v) is 5.81. The first kappa shape index (κ1) is 17.2. The van der Waals surface area contributed by atoms with Crippen molar-refractivity contribution >= 4 is 0 Å². The molecule has 0 unspecified atom stereocenters. The largest absolute Gasteiger partial charge is 0.396 e. The van der Waals surface area contributed by atoms with Gasteiger partial charge in [-0.2, -0.15) is 0 Å². The van der Waals surface area contributed by atoms with Gasteiger partial charge < -0.3 is 15.3 Å². The quantitative estimate of drug-likeness (QED) is 0.675. The predicted octanol–water partition coefficient (Wildman–Crippen LogP) is 3.17. The number of hydrogen-bond donors (Lipinski definition) is 2. The van der Waals surface area contributed by atoms with Crippen LogP contribution in [0, 0.1) is 5.41 Å². The standard InChI is InChI=1S/C18H36N2O/c1-20(17-9-4-2-5-10-17)14-8-13-19-15-18(16-21)11-6-3-7-12-18/h17,19,21H,2-16H2,1H3. The van der Waals surface area contributed by atoms with E-state index >= 15 is 0 Å². The van der Waals surface area contributed by atoms with Crippen LogP contribution in [0.25, 0.3) is 0 Å². The van der Waals surface area contributed by atoms with E-state index in [-0.39, 0.29) is 5.41 Å². The van der Waals surface area contributed by atoms with E-state index in [1.165, 1.54) is 77.2 Å². The van der Waals surface area contributed by atoms with Crippen molar-refractivity contribution in [3.05, 3.63) is 0 Å². The molecule has 2 fully saturated rings. The summed E-state index contributed by atoms with van der Waals surface area (Å²) in [4.78, 5) is 2.57. The maximum absolute atomic E-state index is 9.71. The van der Waals surface area contributed by atoms with Crippen LogP contribution in [0.3, 0.4) is 0 Å². The van der Waals surface area contributed by atoms with Crippen molar-refractivity contribution in [1.82, 2.24) is 10.2 Å². The van der Waals surface area contributed by atoms with Crippen molar-refractivity contribution in [1.29, 1.82) is 0 Å². The van der Waals surface area contributed by atoms with E-state index in [9.17, 15) is 5.11 Å². The molecule has 21 heavy (non-hydrogen) atoms. The Balaban J connectivity index is 1.56. The van der Waals surface area contributed by atoms with Gasteiger partial charge in [-0.25, -0.2) is 0 Å². The Morgan fingerprint density at radius 3 is 2.38 bits per heavy atom. The summed E-state index contributed by atoms with van der Waals surface area (Å²) in [7, 11) is 2.30. The molecule has 0 bridgehead atoms. The molecule has 0 spiro atoms. The Morgan fingerprint density at radius 1 is 1.05 bits per heavy atom. The molecule has 2 rings (SSSR count). The molecule has 0 aromatic rings. The van der Waals surface area contributed by atoms with Crippen molar-refractivity contribution in [2.24, 2.45) is 5.41 Å². The summed E-state index contributed by atoms with van der Waals surface area (Å²) in [5.41, 5.74) is 0.188. The molecule has 2 saturated carbocycles. The molecule has 2 N–H and O–H groups in total. The lowest BCUT2D eigenvalue weighted by atomic mass is 9.74. The van der Waals surface area contributed by atoms with Gasteiger partial charge in [0.15, 0.2) is 0 Å². The molecule has 0 aromatic heterocycles. The Morgan fingerprint density at radius 2 is 1.71 bits per heavy atom. The summed E-state index contributed by atoms with van der Waals surface area (Å²) in [6, 6.07) is 0.834. The number of nitrogens with zero attached hydrogens (tertiary/aromatic N) is 1. The normalized spacial score (nSPS) is 23.6. The van der Waals surface area contributed by atoms with Crippen LogP contribution in [0.4, 0.5) is 0 Å². The monoisotopic (exact) mass is 296 g/mol. The fourth-order valence-electron chi connectivity index (χ4n) is 4.20. The molecule has 124 valence electrons. The second kappa shape index (κ2) is 9.12. The van der Waals surface area contributed by atoms with Crippen LogP contribution >= 0.6 is 0 Å². The highest BCUT2D eigenvalue weighted by molar-refractivity contribution is 4.84. The van der Waals surface area contributed by atoms with E-state index in [1.807, 2.05) is 0 Å². The van der Waals surface area contributed by atoms with E-state index in [2.05, 4.69) is 17.3 Å². The van der Waals surface area contributed by atoms with Crippen molar-refractivity contribution in [2.75, 3.05) is 33.3 Å². The number of hydrogen-bond acceptors (Lipinski definition) is 3. The summed E-state index contributed by atoms with van der Waals surface area (Å²) in [5, 5.41) is 13.3. The highest BCUT2D eigenvalue weighted by atomic mass is 16.3. The molecule has 0 amide bonds. The van der Waals surface area contributed by atoms with Crippen LogP contribution in [-0.4, -0.2) is 49.3 Å². The molecular formula is C18H36N2O. The molecular weight excluding hydrogens is 260 g/mol. The van der Waals surface area contributed by atoms with Crippen molar-refractivity contribution in [2.45, 2.75) is 76.7 Å². The zero-order chi connectivity index (χ0) is 15.0. The predicted molar refractivity (Wildman–Crippen MR) is 89.6 cm³/mol. The third-order valence-electron chi connectivity index (χ3n) is 5.81. The first-order valence-corrected chi connectivity index (χ1v) is 9.28. The Hall–Kier alpha value is -0.120. The first-order valence-electron chi connectivity index (χ1n) is 9.28. The van der Waals surface area contributed by atoms with Gasteiger partial charge in [0, 0.05) is 24.6 Å². The van der Waals surface area contributed by atoms with E-state index < -0.39 is 0 Å². The molecule has 0 saturated heterocycles. The van der Waals surface area contributed by atoms with E-state index in [0.29, 0.717) is 6.61 Å². The van der Waals surface area contributed by atoms with Gasteiger partial charge in [0.1, 0.15) is 0 Å². The molecule has 3 heteroatoms. The smallest absolute Gasteiger partial charge is 0.0499 e. The van der Waals surface area contributed by atoms with E-state index in [0.717, 1.165) is 19.1 Å². The van der Waals surface area contributed by atoms with E-state index in [1.54, 1.807) is 0 Å². The molecule has 3 nitrogen and oxygen atoms in total. The van der Waals surface area contributed by atoms with Gasteiger partial charge in [-0.1, -0.05) is 38.5 Å². The van der Waals surface area contributed by atoms with Crippen molar-refractivity contribution in [3.63, 3.8) is 0 Å². The Kier molecular flexibility index (Phi) is 7.48. The molecule has 2 aliphatic carbocycles. The molecule has 0 atom stereocenters. The average Bonchev–Trinajstić information content (AvgIpc) is 2.56. The maximum Gasteiger partial charge on any atom is 0.0499 e. The maximum atomic E-state index is 9.71. The van der Waals surface area contributed by atoms with Crippen LogP contribution in [0.15, 0.2) is 0 Å². The zero-order valence-electron chi connectivity index (χ0n) is 14.1. The fraction of sp³-hybridized carbons (Fsp3) is 1.00. The van der Waals surface area contributed by atoms with Gasteiger partial charge >= 0.3 is 0 Å². The Labute approximate surface area is 131 Å². The van der Waals surface area contributed by atoms with Gasteiger partial charge in [0.2, 0.25) is 0 Å². The summed E-state index contributed by atoms with van der Waals surface area (Å²) < 4.78 is 0. The van der Waals surface area contributed by atoms with Gasteiger partial charge in [0.05, 0.1) is 0 Å². The first-order chi connectivity index (χ1) is 10.3. The SMILES string of the molecule is CN(CCCNCC1(CO)CCCCC1)C1CCCCC1. The minimum absolute atomic E-state index is 0.188. The molecule has 0 radical (unpaired) electrons. The summed E-state index contributed by atoms with van der Waals surface area (Å²) in [5.74, 6) is 0. The zero-order valence-corrected chi connectivity index (χ0v) is 14.1. The lowest BCUT2D eigenvalue weighted by molar-refractivity contribution is 0.0810. The minimum Gasteiger partial charge on any atom is -0.396 e. The summed E-state index contributed by atoms with van der Waals surface area (Å²) >= 11 is 0. The number of aliphatic hydroxyl groups is 1. The van der Waals surface area contributed by atoms with Crippen LogP contribution < -0.4 is 5.32 Å². The topological polar surface area (TPSA) is 35.5 Å². The summed E-state index contributed by atoms with van der Waals surface area (Å²) in [6.07, 6.45) is 14.7. The fourth-order valence-corrected chi connectivity index (χ4v) is 4.20. The number of aliphatic hydroxyl groups excluding tert-OH is 1. The van der Waals surface area contributed by atoms with Crippen molar-refractivity contribution < 1.29 is 5.11 Å². The Bertz CT molecular complexity index is 270. The number of rotatable bonds is 8. The lowest BCUT2D eigenvalue weighted by Gasteiger charge is -2.36. The van der Waals surface area contributed by atoms with Crippen LogP contribution in [-0.2, 0) is 0 Å². The highest BCUT2D eigenvalue weighted by Gasteiger charge is 2.30. The molecule has 0 aliphatic heterocycles. The lowest BCUT2D eigenvalue weighted by Crippen LogP contribution is -2.40. The molecule has 2 aliphatic rings. The number of nitrogens with one attached hydrogen (secondary N) is 1. The highest BCUT2D eigenvalue weighted by Crippen LogP contribution is 2.35. The van der Waals surface area contributed by atoms with Gasteiger partial charge in [-0.05, 0) is 52.2 Å². The van der Waals surface area contributed by atoms with Gasteiger partial charge in [-0.15, -0.1) is 0 Å². The average molecular weight is 296 g/mol. The van der Waals surface area contributed by atoms with E-state index in [4.69, 9.17) is 0 Å². The molecule has 0 aromatic carbocycles. The minimum atomic E-state index is 0.188. The van der Waals surface area contributed by atoms with Crippen LogP contribution in [0.1, 0.15) is 70.6 Å². The summed E-state index contributed by atoms with van der Waals surface area (Å²) in [6.45, 7) is 3.68. The van der Waals surface area contributed by atoms with Gasteiger partial charge in [-0.3, -0.25) is 0 Å². The van der Waals surface area contributed by atoms with Crippen LogP contribution in [0.5, 0.6) is 0 Å². The second-order valence-electron chi connectivity index (χ2n) is 7.52. The van der Waals surface area contributed by atoms with Gasteiger partial charge in [0.25, 0.3) is 0 Å². The van der Waals surface area contributed by atoms with Crippen LogP contribution in [0.2, 0.25) is 0 Å². The van der Waals surface area contributed by atoms with Crippen molar-refractivity contribution in [3.8, 4) is 0 Å². The third kappa shape index (κ3) is 5.54. The second-order valence-corrected chi connectivity index (χ2v) is 7.52.